The molecular weight excluding hydrogens is 821 g/mol. The van der Waals surface area contributed by atoms with Crippen LogP contribution in [0, 0.1) is 27.0 Å². The Morgan fingerprint density at radius 1 is 0.823 bits per heavy atom. The van der Waals surface area contributed by atoms with Crippen LogP contribution in [0.3, 0.4) is 0 Å². The van der Waals surface area contributed by atoms with Crippen LogP contribution in [0.1, 0.15) is 38.8 Å². The van der Waals surface area contributed by atoms with Crippen molar-refractivity contribution in [3.63, 3.8) is 0 Å². The quantitative estimate of drug-likeness (QED) is 0.0575. The third-order valence-corrected chi connectivity index (χ3v) is 10.3. The number of fused-ring (bicyclic) bond motifs is 2. The molecule has 3 heterocycles. The fourth-order valence-corrected chi connectivity index (χ4v) is 7.26. The number of aromatic nitrogens is 4. The van der Waals surface area contributed by atoms with Gasteiger partial charge in [-0.2, -0.15) is 4.99 Å². The Labute approximate surface area is 370 Å². The molecule has 62 heavy (non-hydrogen) atoms. The SMILES string of the molecule is CNc1ncnc2cc(NC(C)(C)C(=O)OC)ccc12.[C-]#[N+]c1ccc(N2C(=O)C(C)(C)N(c3ccc4c(NC)ncnc4c3)C2=S)cc1C.[C-]#[N+]c1ccc(N=C=S)cc1C. The number of amides is 1. The average molecular weight is 865 g/mol. The number of nitrogens with one attached hydrogen (secondary N) is 3. The topological polar surface area (TPSA) is 159 Å². The maximum atomic E-state index is 13.4. The van der Waals surface area contributed by atoms with Crippen molar-refractivity contribution < 1.29 is 14.3 Å². The van der Waals surface area contributed by atoms with Crippen molar-refractivity contribution in [2.75, 3.05) is 47.0 Å². The van der Waals surface area contributed by atoms with E-state index < -0.39 is 11.1 Å². The van der Waals surface area contributed by atoms with Gasteiger partial charge in [-0.05, 0) is 138 Å². The molecule has 0 saturated carbocycles. The fraction of sp³-hybridized carbons (Fsp3) is 0.244. The molecule has 0 unspecified atom stereocenters. The first-order chi connectivity index (χ1) is 29.5. The van der Waals surface area contributed by atoms with E-state index in [2.05, 4.69) is 67.9 Å². The summed E-state index contributed by atoms with van der Waals surface area (Å²) in [6.45, 7) is 25.0. The second kappa shape index (κ2) is 19.3. The number of methoxy groups -OCH3 is 1. The van der Waals surface area contributed by atoms with Crippen LogP contribution in [0.2, 0.25) is 0 Å². The molecule has 1 amide bonds. The van der Waals surface area contributed by atoms with Crippen molar-refractivity contribution in [1.29, 1.82) is 0 Å². The van der Waals surface area contributed by atoms with Crippen LogP contribution in [0.4, 0.5) is 45.8 Å². The van der Waals surface area contributed by atoms with E-state index in [1.807, 2.05) is 95.2 Å². The van der Waals surface area contributed by atoms with Gasteiger partial charge in [0, 0.05) is 41.9 Å². The maximum absolute atomic E-state index is 13.4. The lowest BCUT2D eigenvalue weighted by molar-refractivity contribution is -0.144. The fourth-order valence-electron chi connectivity index (χ4n) is 6.63. The summed E-state index contributed by atoms with van der Waals surface area (Å²) in [5.74, 6) is 1.06. The molecule has 1 saturated heterocycles. The molecule has 6 aromatic rings. The van der Waals surface area contributed by atoms with Gasteiger partial charge in [-0.3, -0.25) is 9.69 Å². The lowest BCUT2D eigenvalue weighted by Crippen LogP contribution is -2.44. The molecule has 0 atom stereocenters. The zero-order chi connectivity index (χ0) is 45.4. The number of aliphatic imine (C=N–C) groups is 1. The van der Waals surface area contributed by atoms with Crippen LogP contribution in [0.25, 0.3) is 31.5 Å². The molecule has 2 aromatic heterocycles. The first kappa shape index (κ1) is 45.7. The van der Waals surface area contributed by atoms with Crippen LogP contribution in [0.5, 0.6) is 0 Å². The number of carbonyl (C=O) groups is 2. The highest BCUT2D eigenvalue weighted by Gasteiger charge is 2.50. The molecule has 0 radical (unpaired) electrons. The van der Waals surface area contributed by atoms with Gasteiger partial charge in [0.15, 0.2) is 16.5 Å². The second-order valence-electron chi connectivity index (χ2n) is 14.8. The van der Waals surface area contributed by atoms with E-state index in [1.54, 1.807) is 43.0 Å². The Morgan fingerprint density at radius 2 is 1.37 bits per heavy atom. The lowest BCUT2D eigenvalue weighted by Gasteiger charge is -2.29. The van der Waals surface area contributed by atoms with Gasteiger partial charge < -0.3 is 25.6 Å². The van der Waals surface area contributed by atoms with E-state index in [1.165, 1.54) is 19.8 Å². The molecule has 1 fully saturated rings. The van der Waals surface area contributed by atoms with E-state index >= 15 is 0 Å². The third-order valence-electron chi connectivity index (χ3n) is 9.84. The number of ether oxygens (including phenoxy) is 1. The maximum Gasteiger partial charge on any atom is 0.330 e. The number of nitrogens with zero attached hydrogens (tertiary/aromatic N) is 9. The Hall–Kier alpha value is -7.43. The minimum absolute atomic E-state index is 0.124. The number of hydrogen-bond acceptors (Lipinski definition) is 13. The van der Waals surface area contributed by atoms with Crippen molar-refractivity contribution in [2.45, 2.75) is 52.6 Å². The summed E-state index contributed by atoms with van der Waals surface area (Å²) >= 11 is 10.2. The van der Waals surface area contributed by atoms with Crippen LogP contribution < -0.4 is 25.8 Å². The standard InChI is InChI=1S/C22H20N6OS.C14H18N4O2.C9H6N2S/c1-13-10-14(7-9-17(13)23-4)27-20(29)22(2,3)28(21(27)30)15-6-8-16-18(11-15)25-12-26-19(16)24-5;1-14(2,13(19)20-4)18-9-5-6-10-11(7-9)16-8-17-12(10)15-3;1-7-5-8(11-6-12)3-4-9(7)10-2/h6-12H,1-3,5H3,(H,24,25,26);5-8,18H,1-4H3,(H,15,16,17);3-5H,1H3. The number of hydrogen-bond donors (Lipinski definition) is 3. The molecular formula is C45H44N12O3S2. The normalized spacial score (nSPS) is 12.8. The zero-order valence-corrected chi connectivity index (χ0v) is 37.3. The van der Waals surface area contributed by atoms with Gasteiger partial charge in [0.25, 0.3) is 5.91 Å². The average Bonchev–Trinajstić information content (AvgIpc) is 3.44. The van der Waals surface area contributed by atoms with Crippen LogP contribution >= 0.6 is 24.4 Å². The van der Waals surface area contributed by atoms with E-state index in [9.17, 15) is 9.59 Å². The molecule has 0 spiro atoms. The highest BCUT2D eigenvalue weighted by Crippen LogP contribution is 2.39. The van der Waals surface area contributed by atoms with E-state index in [-0.39, 0.29) is 11.9 Å². The Morgan fingerprint density at radius 3 is 1.90 bits per heavy atom. The number of aryl methyl sites for hydroxylation is 2. The van der Waals surface area contributed by atoms with Gasteiger partial charge >= 0.3 is 5.97 Å². The van der Waals surface area contributed by atoms with Crippen molar-refractivity contribution >= 4 is 114 Å². The van der Waals surface area contributed by atoms with E-state index in [4.69, 9.17) is 30.1 Å². The summed E-state index contributed by atoms with van der Waals surface area (Å²) in [6.07, 6.45) is 3.01. The van der Waals surface area contributed by atoms with E-state index in [0.717, 1.165) is 61.6 Å². The van der Waals surface area contributed by atoms with Gasteiger partial charge in [-0.25, -0.2) is 34.4 Å². The van der Waals surface area contributed by atoms with Gasteiger partial charge in [0.2, 0.25) is 0 Å². The molecule has 0 aliphatic carbocycles. The highest BCUT2D eigenvalue weighted by molar-refractivity contribution is 7.81. The van der Waals surface area contributed by atoms with Crippen LogP contribution in [-0.4, -0.2) is 74.4 Å². The van der Waals surface area contributed by atoms with Gasteiger partial charge in [0.05, 0.1) is 42.1 Å². The summed E-state index contributed by atoms with van der Waals surface area (Å²) in [6, 6.07) is 22.0. The molecule has 7 rings (SSSR count). The van der Waals surface area contributed by atoms with Crippen molar-refractivity contribution in [3.05, 3.63) is 119 Å². The number of benzene rings is 4. The van der Waals surface area contributed by atoms with Gasteiger partial charge in [0.1, 0.15) is 35.4 Å². The minimum atomic E-state index is -0.879. The molecule has 4 aromatic carbocycles. The van der Waals surface area contributed by atoms with Crippen molar-refractivity contribution in [2.24, 2.45) is 4.99 Å². The van der Waals surface area contributed by atoms with Crippen molar-refractivity contribution in [3.8, 4) is 0 Å². The molecule has 1 aliphatic rings. The lowest BCUT2D eigenvalue weighted by atomic mass is 10.0. The largest absolute Gasteiger partial charge is 0.467 e. The van der Waals surface area contributed by atoms with Gasteiger partial charge in [-0.1, -0.05) is 12.1 Å². The highest BCUT2D eigenvalue weighted by atomic mass is 32.1. The minimum Gasteiger partial charge on any atom is -0.467 e. The molecule has 15 nitrogen and oxygen atoms in total. The first-order valence-electron chi connectivity index (χ1n) is 19.0. The third kappa shape index (κ3) is 9.62. The summed E-state index contributed by atoms with van der Waals surface area (Å²) in [5.41, 5.74) is 5.78. The monoisotopic (exact) mass is 864 g/mol. The van der Waals surface area contributed by atoms with Crippen molar-refractivity contribution in [1.82, 2.24) is 19.9 Å². The zero-order valence-electron chi connectivity index (χ0n) is 35.6. The number of esters is 1. The Kier molecular flexibility index (Phi) is 14.2. The number of anilines is 5. The van der Waals surface area contributed by atoms with Crippen LogP contribution in [0.15, 0.2) is 90.4 Å². The summed E-state index contributed by atoms with van der Waals surface area (Å²) in [5, 5.41) is 13.7. The predicted molar refractivity (Wildman–Crippen MR) is 254 cm³/mol. The molecule has 17 heteroatoms. The number of isothiocyanates is 1. The van der Waals surface area contributed by atoms with Gasteiger partial charge in [-0.15, -0.1) is 0 Å². The Balaban J connectivity index is 0.000000195. The summed E-state index contributed by atoms with van der Waals surface area (Å²) in [4.78, 5) is 56.1. The smallest absolute Gasteiger partial charge is 0.330 e. The Bertz CT molecular complexity index is 2840. The molecule has 314 valence electrons. The molecule has 1 aliphatic heterocycles. The number of carbonyl (C=O) groups excluding carboxylic acids is 2. The number of rotatable bonds is 8. The molecule has 0 bridgehead atoms. The number of thiocarbonyl (C=S) groups is 2. The molecule has 3 N–H and O–H groups in total. The second-order valence-corrected chi connectivity index (χ2v) is 15.4. The summed E-state index contributed by atoms with van der Waals surface area (Å²) in [7, 11) is 5.00. The summed E-state index contributed by atoms with van der Waals surface area (Å²) < 4.78 is 4.77. The first-order valence-corrected chi connectivity index (χ1v) is 19.8. The van der Waals surface area contributed by atoms with Crippen LogP contribution in [-0.2, 0) is 14.3 Å². The van der Waals surface area contributed by atoms with E-state index in [0.29, 0.717) is 22.2 Å². The predicted octanol–water partition coefficient (Wildman–Crippen LogP) is 9.76.